The van der Waals surface area contributed by atoms with Crippen molar-refractivity contribution >= 4 is 0 Å². The van der Waals surface area contributed by atoms with Crippen LogP contribution in [0.4, 0.5) is 0 Å². The van der Waals surface area contributed by atoms with Crippen molar-refractivity contribution in [1.82, 2.24) is 10.1 Å². The first kappa shape index (κ1) is 15.1. The molecule has 1 aromatic rings. The maximum Gasteiger partial charge on any atom is 0.228 e. The van der Waals surface area contributed by atoms with Crippen molar-refractivity contribution in [3.8, 4) is 0 Å². The zero-order chi connectivity index (χ0) is 13.6. The van der Waals surface area contributed by atoms with Gasteiger partial charge in [0.05, 0.1) is 0 Å². The van der Waals surface area contributed by atoms with Crippen molar-refractivity contribution in [2.45, 2.75) is 65.0 Å². The van der Waals surface area contributed by atoms with Gasteiger partial charge in [-0.25, -0.2) is 0 Å². The summed E-state index contributed by atoms with van der Waals surface area (Å²) in [6, 6.07) is 0.0723. The van der Waals surface area contributed by atoms with Gasteiger partial charge in [0.15, 0.2) is 0 Å². The summed E-state index contributed by atoms with van der Waals surface area (Å²) >= 11 is 0. The maximum absolute atomic E-state index is 5.89. The molecule has 0 aliphatic rings. The van der Waals surface area contributed by atoms with E-state index in [0.717, 1.165) is 19.3 Å². The largest absolute Gasteiger partial charge is 0.367 e. The molecule has 0 saturated heterocycles. The van der Waals surface area contributed by atoms with Crippen molar-refractivity contribution in [3.05, 3.63) is 11.7 Å². The molecular weight excluding hydrogens is 230 g/mol. The van der Waals surface area contributed by atoms with E-state index in [1.54, 1.807) is 0 Å². The minimum absolute atomic E-state index is 0.0723. The highest BCUT2D eigenvalue weighted by atomic mass is 16.5. The first-order chi connectivity index (χ1) is 8.61. The smallest absolute Gasteiger partial charge is 0.228 e. The second-order valence-corrected chi connectivity index (χ2v) is 4.52. The first-order valence-electron chi connectivity index (χ1n) is 6.84. The van der Waals surface area contributed by atoms with Gasteiger partial charge in [-0.05, 0) is 26.2 Å². The Hall–Kier alpha value is -0.940. The summed E-state index contributed by atoms with van der Waals surface area (Å²) in [5, 5.41) is 4.07. The third-order valence-electron chi connectivity index (χ3n) is 3.40. The van der Waals surface area contributed by atoms with E-state index < -0.39 is 5.60 Å². The Balaban J connectivity index is 2.87. The van der Waals surface area contributed by atoms with E-state index in [1.807, 2.05) is 13.8 Å². The highest BCUT2D eigenvalue weighted by molar-refractivity contribution is 5.01. The summed E-state index contributed by atoms with van der Waals surface area (Å²) in [5.41, 5.74) is 5.46. The number of rotatable bonds is 8. The van der Waals surface area contributed by atoms with Crippen LogP contribution in [0.15, 0.2) is 4.52 Å². The molecule has 0 aliphatic carbocycles. The molecule has 0 aromatic carbocycles. The zero-order valence-corrected chi connectivity index (χ0v) is 11.9. The van der Waals surface area contributed by atoms with E-state index in [1.165, 1.54) is 0 Å². The molecule has 0 spiro atoms. The normalized spacial score (nSPS) is 13.8. The standard InChI is InChI=1S/C13H25N3O2/c1-5-10(14)9-11-15-12(16-18-11)13(6-2,7-3)17-8-4/h10H,5-9,14H2,1-4H3. The van der Waals surface area contributed by atoms with Gasteiger partial charge in [0, 0.05) is 19.1 Å². The minimum Gasteiger partial charge on any atom is -0.367 e. The number of nitrogens with two attached hydrogens (primary N) is 1. The lowest BCUT2D eigenvalue weighted by atomic mass is 9.96. The molecule has 5 heteroatoms. The van der Waals surface area contributed by atoms with Crippen LogP contribution in [0, 0.1) is 0 Å². The van der Waals surface area contributed by atoms with Gasteiger partial charge in [-0.15, -0.1) is 0 Å². The predicted molar refractivity (Wildman–Crippen MR) is 70.2 cm³/mol. The average Bonchev–Trinajstić information content (AvgIpc) is 2.84. The molecule has 5 nitrogen and oxygen atoms in total. The third-order valence-corrected chi connectivity index (χ3v) is 3.40. The van der Waals surface area contributed by atoms with Crippen LogP contribution in [-0.2, 0) is 16.8 Å². The van der Waals surface area contributed by atoms with Gasteiger partial charge in [-0.3, -0.25) is 0 Å². The van der Waals surface area contributed by atoms with E-state index in [9.17, 15) is 0 Å². The van der Waals surface area contributed by atoms with E-state index in [0.29, 0.717) is 24.7 Å². The molecular formula is C13H25N3O2. The average molecular weight is 255 g/mol. The SMILES string of the molecule is CCOC(CC)(CC)c1noc(CC(N)CC)n1. The molecule has 1 heterocycles. The molecule has 0 amide bonds. The van der Waals surface area contributed by atoms with Crippen LogP contribution in [0.5, 0.6) is 0 Å². The van der Waals surface area contributed by atoms with Gasteiger partial charge >= 0.3 is 0 Å². The molecule has 0 fully saturated rings. The second-order valence-electron chi connectivity index (χ2n) is 4.52. The number of nitrogens with zero attached hydrogens (tertiary/aromatic N) is 2. The van der Waals surface area contributed by atoms with Crippen LogP contribution in [0.25, 0.3) is 0 Å². The monoisotopic (exact) mass is 255 g/mol. The van der Waals surface area contributed by atoms with Gasteiger partial charge in [0.2, 0.25) is 11.7 Å². The summed E-state index contributed by atoms with van der Waals surface area (Å²) in [6.45, 7) is 8.82. The lowest BCUT2D eigenvalue weighted by Gasteiger charge is -2.27. The van der Waals surface area contributed by atoms with Crippen molar-refractivity contribution in [2.75, 3.05) is 6.61 Å². The van der Waals surface area contributed by atoms with E-state index in [4.69, 9.17) is 15.0 Å². The van der Waals surface area contributed by atoms with Gasteiger partial charge in [0.1, 0.15) is 5.60 Å². The topological polar surface area (TPSA) is 74.2 Å². The summed E-state index contributed by atoms with van der Waals surface area (Å²) in [4.78, 5) is 4.45. The van der Waals surface area contributed by atoms with Gasteiger partial charge < -0.3 is 15.0 Å². The van der Waals surface area contributed by atoms with Crippen molar-refractivity contribution in [2.24, 2.45) is 5.73 Å². The lowest BCUT2D eigenvalue weighted by molar-refractivity contribution is -0.0583. The Kier molecular flexibility index (Phi) is 5.75. The molecule has 0 bridgehead atoms. The molecule has 18 heavy (non-hydrogen) atoms. The minimum atomic E-state index is -0.424. The third kappa shape index (κ3) is 3.29. The Morgan fingerprint density at radius 3 is 2.44 bits per heavy atom. The van der Waals surface area contributed by atoms with Gasteiger partial charge in [0.25, 0.3) is 0 Å². The molecule has 1 aromatic heterocycles. The molecule has 0 aliphatic heterocycles. The Bertz CT molecular complexity index is 348. The predicted octanol–water partition coefficient (Wildman–Crippen LogP) is 2.40. The number of hydrogen-bond donors (Lipinski definition) is 1. The Morgan fingerprint density at radius 1 is 1.28 bits per heavy atom. The molecule has 2 N–H and O–H groups in total. The van der Waals surface area contributed by atoms with Crippen molar-refractivity contribution < 1.29 is 9.26 Å². The molecule has 1 rings (SSSR count). The van der Waals surface area contributed by atoms with E-state index >= 15 is 0 Å². The number of aromatic nitrogens is 2. The summed E-state index contributed by atoms with van der Waals surface area (Å²) in [5.74, 6) is 1.25. The lowest BCUT2D eigenvalue weighted by Crippen LogP contribution is -2.30. The fourth-order valence-electron chi connectivity index (χ4n) is 2.00. The Morgan fingerprint density at radius 2 is 1.94 bits per heavy atom. The molecule has 1 atom stereocenters. The van der Waals surface area contributed by atoms with Crippen LogP contribution in [0.1, 0.15) is 58.7 Å². The highest BCUT2D eigenvalue weighted by Crippen LogP contribution is 2.30. The van der Waals surface area contributed by atoms with Gasteiger partial charge in [-0.1, -0.05) is 25.9 Å². The summed E-state index contributed by atoms with van der Waals surface area (Å²) in [7, 11) is 0. The molecule has 104 valence electrons. The molecule has 0 radical (unpaired) electrons. The second kappa shape index (κ2) is 6.85. The Labute approximate surface area is 109 Å². The maximum atomic E-state index is 5.89. The summed E-state index contributed by atoms with van der Waals surface area (Å²) in [6.07, 6.45) is 3.18. The molecule has 1 unspecified atom stereocenters. The van der Waals surface area contributed by atoms with Crippen molar-refractivity contribution in [1.29, 1.82) is 0 Å². The summed E-state index contributed by atoms with van der Waals surface area (Å²) < 4.78 is 11.1. The molecule has 0 saturated carbocycles. The number of hydrogen-bond acceptors (Lipinski definition) is 5. The van der Waals surface area contributed by atoms with E-state index in [-0.39, 0.29) is 6.04 Å². The fraction of sp³-hybridized carbons (Fsp3) is 0.846. The first-order valence-corrected chi connectivity index (χ1v) is 6.84. The van der Waals surface area contributed by atoms with Crippen LogP contribution >= 0.6 is 0 Å². The fourth-order valence-corrected chi connectivity index (χ4v) is 2.00. The van der Waals surface area contributed by atoms with Crippen LogP contribution in [0.2, 0.25) is 0 Å². The van der Waals surface area contributed by atoms with Crippen LogP contribution in [0.3, 0.4) is 0 Å². The van der Waals surface area contributed by atoms with Gasteiger partial charge in [-0.2, -0.15) is 4.98 Å². The highest BCUT2D eigenvalue weighted by Gasteiger charge is 2.34. The number of ether oxygens (including phenoxy) is 1. The quantitative estimate of drug-likeness (QED) is 0.772. The van der Waals surface area contributed by atoms with Crippen LogP contribution in [-0.4, -0.2) is 22.8 Å². The zero-order valence-electron chi connectivity index (χ0n) is 11.9. The van der Waals surface area contributed by atoms with E-state index in [2.05, 4.69) is 24.0 Å². The van der Waals surface area contributed by atoms with Crippen molar-refractivity contribution in [3.63, 3.8) is 0 Å². The van der Waals surface area contributed by atoms with Crippen LogP contribution < -0.4 is 5.73 Å².